The van der Waals surface area contributed by atoms with Gasteiger partial charge in [-0.25, -0.2) is 0 Å². The zero-order chi connectivity index (χ0) is 10.9. The Hall–Kier alpha value is 0.300. The van der Waals surface area contributed by atoms with Gasteiger partial charge in [-0.2, -0.15) is 0 Å². The molecule has 0 N–H and O–H groups in total. The Morgan fingerprint density at radius 3 is 2.67 bits per heavy atom. The van der Waals surface area contributed by atoms with Gasteiger partial charge in [-0.05, 0) is 38.4 Å². The van der Waals surface area contributed by atoms with E-state index in [0.717, 1.165) is 38.1 Å². The lowest BCUT2D eigenvalue weighted by Gasteiger charge is -2.35. The molecule has 1 atom stereocenters. The summed E-state index contributed by atoms with van der Waals surface area (Å²) in [5.74, 6) is 1.53. The lowest BCUT2D eigenvalue weighted by molar-refractivity contribution is -0.134. The first kappa shape index (κ1) is 11.8. The summed E-state index contributed by atoms with van der Waals surface area (Å²) in [5, 5.41) is 0. The van der Waals surface area contributed by atoms with Crippen LogP contribution in [-0.2, 0) is 4.79 Å². The average molecular weight is 292 g/mol. The number of hydrogen-bond donors (Lipinski definition) is 0. The van der Waals surface area contributed by atoms with Gasteiger partial charge >= 0.3 is 0 Å². The summed E-state index contributed by atoms with van der Waals surface area (Å²) in [6, 6.07) is 0. The molecule has 0 saturated carbocycles. The Labute approximate surface area is 104 Å². The van der Waals surface area contributed by atoms with Crippen molar-refractivity contribution < 1.29 is 4.79 Å². The largest absolute Gasteiger partial charge is 0.341 e. The summed E-state index contributed by atoms with van der Waals surface area (Å²) < 4.78 is -0.112. The minimum absolute atomic E-state index is 0.112. The number of amides is 1. The highest BCUT2D eigenvalue weighted by Crippen LogP contribution is 2.39. The highest BCUT2D eigenvalue weighted by atomic mass is 79.9. The fourth-order valence-corrected chi connectivity index (χ4v) is 4.02. The van der Waals surface area contributed by atoms with Crippen LogP contribution in [0.25, 0.3) is 0 Å². The van der Waals surface area contributed by atoms with Crippen molar-refractivity contribution in [2.75, 3.05) is 18.8 Å². The summed E-state index contributed by atoms with van der Waals surface area (Å²) >= 11 is 5.46. The first-order chi connectivity index (χ1) is 7.12. The molecular formula is C11H18BrNOS. The van der Waals surface area contributed by atoms with Crippen molar-refractivity contribution in [3.8, 4) is 0 Å². The maximum atomic E-state index is 12.3. The number of halogens is 1. The third kappa shape index (κ3) is 2.52. The number of carbonyl (C=O) groups excluding carboxylic acids is 1. The molecule has 0 aromatic carbocycles. The third-order valence-corrected chi connectivity index (χ3v) is 5.81. The van der Waals surface area contributed by atoms with Gasteiger partial charge in [0.2, 0.25) is 5.91 Å². The molecule has 2 heterocycles. The number of hydrogen-bond acceptors (Lipinski definition) is 2. The van der Waals surface area contributed by atoms with Crippen LogP contribution in [0.2, 0.25) is 0 Å². The van der Waals surface area contributed by atoms with Gasteiger partial charge in [-0.3, -0.25) is 4.79 Å². The lowest BCUT2D eigenvalue weighted by Crippen LogP contribution is -2.47. The van der Waals surface area contributed by atoms with Gasteiger partial charge in [0.1, 0.15) is 0 Å². The van der Waals surface area contributed by atoms with Crippen LogP contribution in [-0.4, -0.2) is 39.2 Å². The second kappa shape index (κ2) is 4.66. The van der Waals surface area contributed by atoms with E-state index in [4.69, 9.17) is 0 Å². The quantitative estimate of drug-likeness (QED) is 0.693. The molecule has 0 aromatic rings. The zero-order valence-corrected chi connectivity index (χ0v) is 11.6. The number of piperidine rings is 1. The van der Waals surface area contributed by atoms with Crippen LogP contribution < -0.4 is 0 Å². The third-order valence-electron chi connectivity index (χ3n) is 3.38. The SMILES string of the molecule is CC1(C(=O)N2CCC(Br)CC2)CCCS1. The Balaban J connectivity index is 1.95. The van der Waals surface area contributed by atoms with Crippen molar-refractivity contribution >= 4 is 33.6 Å². The molecule has 2 nitrogen and oxygen atoms in total. The van der Waals surface area contributed by atoms with E-state index in [9.17, 15) is 4.79 Å². The van der Waals surface area contributed by atoms with Crippen molar-refractivity contribution in [3.63, 3.8) is 0 Å². The van der Waals surface area contributed by atoms with Crippen LogP contribution in [0.1, 0.15) is 32.6 Å². The number of nitrogens with zero attached hydrogens (tertiary/aromatic N) is 1. The van der Waals surface area contributed by atoms with Crippen molar-refractivity contribution in [2.24, 2.45) is 0 Å². The van der Waals surface area contributed by atoms with E-state index in [1.54, 1.807) is 0 Å². The first-order valence-corrected chi connectivity index (χ1v) is 7.59. The summed E-state index contributed by atoms with van der Waals surface area (Å²) in [5.41, 5.74) is 0. The van der Waals surface area contributed by atoms with Crippen molar-refractivity contribution in [3.05, 3.63) is 0 Å². The summed E-state index contributed by atoms with van der Waals surface area (Å²) in [7, 11) is 0. The molecule has 2 aliphatic rings. The van der Waals surface area contributed by atoms with Gasteiger partial charge in [0.15, 0.2) is 0 Å². The number of likely N-dealkylation sites (tertiary alicyclic amines) is 1. The van der Waals surface area contributed by atoms with Gasteiger partial charge in [0.05, 0.1) is 4.75 Å². The number of carbonyl (C=O) groups is 1. The second-order valence-corrected chi connectivity index (χ2v) is 7.54. The van der Waals surface area contributed by atoms with Crippen LogP contribution in [0, 0.1) is 0 Å². The molecule has 15 heavy (non-hydrogen) atoms. The standard InChI is InChI=1S/C11H18BrNOS/c1-11(5-2-8-15-11)10(14)13-6-3-9(12)4-7-13/h9H,2-8H2,1H3. The van der Waals surface area contributed by atoms with E-state index >= 15 is 0 Å². The van der Waals surface area contributed by atoms with Crippen LogP contribution in [0.4, 0.5) is 0 Å². The molecule has 2 rings (SSSR count). The lowest BCUT2D eigenvalue weighted by atomic mass is 10.0. The first-order valence-electron chi connectivity index (χ1n) is 5.69. The predicted molar refractivity (Wildman–Crippen MR) is 68.6 cm³/mol. The van der Waals surface area contributed by atoms with Gasteiger partial charge in [-0.15, -0.1) is 11.8 Å². The Kier molecular flexibility index (Phi) is 3.66. The number of rotatable bonds is 1. The van der Waals surface area contributed by atoms with Gasteiger partial charge in [-0.1, -0.05) is 15.9 Å². The molecule has 4 heteroatoms. The monoisotopic (exact) mass is 291 g/mol. The summed E-state index contributed by atoms with van der Waals surface area (Å²) in [6.07, 6.45) is 4.46. The van der Waals surface area contributed by atoms with E-state index in [0.29, 0.717) is 10.7 Å². The van der Waals surface area contributed by atoms with Crippen LogP contribution >= 0.6 is 27.7 Å². The average Bonchev–Trinajstić information content (AvgIpc) is 2.67. The number of thioether (sulfide) groups is 1. The molecule has 0 bridgehead atoms. The van der Waals surface area contributed by atoms with Crippen molar-refractivity contribution in [1.29, 1.82) is 0 Å². The van der Waals surface area contributed by atoms with Gasteiger partial charge < -0.3 is 4.90 Å². The van der Waals surface area contributed by atoms with E-state index in [1.807, 2.05) is 11.8 Å². The molecule has 2 aliphatic heterocycles. The molecule has 2 fully saturated rings. The predicted octanol–water partition coefficient (Wildman–Crippen LogP) is 2.66. The van der Waals surface area contributed by atoms with E-state index < -0.39 is 0 Å². The van der Waals surface area contributed by atoms with E-state index in [1.165, 1.54) is 6.42 Å². The maximum absolute atomic E-state index is 12.3. The molecule has 0 aromatic heterocycles. The van der Waals surface area contributed by atoms with Gasteiger partial charge in [0, 0.05) is 17.9 Å². The number of alkyl halides is 1. The minimum atomic E-state index is -0.112. The van der Waals surface area contributed by atoms with Gasteiger partial charge in [0.25, 0.3) is 0 Å². The normalized spacial score (nSPS) is 33.3. The molecule has 1 unspecified atom stereocenters. The topological polar surface area (TPSA) is 20.3 Å². The highest BCUT2D eigenvalue weighted by molar-refractivity contribution is 9.09. The highest BCUT2D eigenvalue weighted by Gasteiger charge is 2.40. The molecule has 86 valence electrons. The Bertz CT molecular complexity index is 245. The second-order valence-electron chi connectivity index (χ2n) is 4.65. The van der Waals surface area contributed by atoms with E-state index in [-0.39, 0.29) is 4.75 Å². The molecular weight excluding hydrogens is 274 g/mol. The summed E-state index contributed by atoms with van der Waals surface area (Å²) in [6.45, 7) is 3.99. The molecule has 0 radical (unpaired) electrons. The Morgan fingerprint density at radius 2 is 2.13 bits per heavy atom. The van der Waals surface area contributed by atoms with Crippen LogP contribution in [0.5, 0.6) is 0 Å². The fraction of sp³-hybridized carbons (Fsp3) is 0.909. The summed E-state index contributed by atoms with van der Waals surface area (Å²) in [4.78, 5) is 15.0. The van der Waals surface area contributed by atoms with Crippen molar-refractivity contribution in [2.45, 2.75) is 42.2 Å². The molecule has 1 amide bonds. The minimum Gasteiger partial charge on any atom is -0.341 e. The van der Waals surface area contributed by atoms with E-state index in [2.05, 4.69) is 27.8 Å². The molecule has 2 saturated heterocycles. The molecule has 0 spiro atoms. The van der Waals surface area contributed by atoms with Crippen LogP contribution in [0.3, 0.4) is 0 Å². The fourth-order valence-electron chi connectivity index (χ4n) is 2.33. The Morgan fingerprint density at radius 1 is 1.47 bits per heavy atom. The maximum Gasteiger partial charge on any atom is 0.238 e. The zero-order valence-electron chi connectivity index (χ0n) is 9.17. The smallest absolute Gasteiger partial charge is 0.238 e. The van der Waals surface area contributed by atoms with Crippen molar-refractivity contribution in [1.82, 2.24) is 4.90 Å². The van der Waals surface area contributed by atoms with Crippen LogP contribution in [0.15, 0.2) is 0 Å². The molecule has 0 aliphatic carbocycles.